The van der Waals surface area contributed by atoms with Crippen LogP contribution in [0.4, 0.5) is 10.1 Å². The molecule has 5 nitrogen and oxygen atoms in total. The van der Waals surface area contributed by atoms with Gasteiger partial charge >= 0.3 is 0 Å². The Bertz CT molecular complexity index is 600. The maximum Gasteiger partial charge on any atom is 0.253 e. The minimum Gasteiger partial charge on any atom is -0.345 e. The van der Waals surface area contributed by atoms with Crippen LogP contribution in [0.3, 0.4) is 0 Å². The van der Waals surface area contributed by atoms with Gasteiger partial charge in [-0.2, -0.15) is 0 Å². The van der Waals surface area contributed by atoms with Crippen LogP contribution in [0.25, 0.3) is 0 Å². The summed E-state index contributed by atoms with van der Waals surface area (Å²) in [5.41, 5.74) is 4.69. The van der Waals surface area contributed by atoms with Crippen LogP contribution in [0.1, 0.15) is 23.2 Å². The summed E-state index contributed by atoms with van der Waals surface area (Å²) in [7, 11) is 3.26. The Hall–Kier alpha value is -1.66. The molecule has 1 saturated carbocycles. The van der Waals surface area contributed by atoms with Crippen molar-refractivity contribution in [3.8, 4) is 0 Å². The van der Waals surface area contributed by atoms with Gasteiger partial charge in [0, 0.05) is 42.8 Å². The summed E-state index contributed by atoms with van der Waals surface area (Å²) in [5.74, 6) is -0.902. The Morgan fingerprint density at radius 1 is 1.41 bits per heavy atom. The van der Waals surface area contributed by atoms with Crippen LogP contribution in [0.2, 0.25) is 5.02 Å². The fourth-order valence-corrected chi connectivity index (χ4v) is 2.70. The molecule has 0 bridgehead atoms. The Labute approximate surface area is 133 Å². The molecule has 120 valence electrons. The number of hydrogen-bond donors (Lipinski definition) is 2. The van der Waals surface area contributed by atoms with Gasteiger partial charge in [-0.15, -0.1) is 0 Å². The van der Waals surface area contributed by atoms with E-state index < -0.39 is 11.6 Å². The second-order valence-corrected chi connectivity index (χ2v) is 6.31. The van der Waals surface area contributed by atoms with Crippen molar-refractivity contribution in [1.82, 2.24) is 4.90 Å². The number of benzene rings is 1. The molecule has 0 aliphatic heterocycles. The molecule has 1 aromatic rings. The normalized spacial score (nSPS) is 23.6. The zero-order valence-electron chi connectivity index (χ0n) is 12.5. The largest absolute Gasteiger partial charge is 0.345 e. The van der Waals surface area contributed by atoms with E-state index in [1.54, 1.807) is 26.2 Å². The summed E-state index contributed by atoms with van der Waals surface area (Å²) < 4.78 is 13.7. The molecule has 0 spiro atoms. The summed E-state index contributed by atoms with van der Waals surface area (Å²) in [5, 5.41) is 3.02. The fourth-order valence-electron chi connectivity index (χ4n) is 2.46. The van der Waals surface area contributed by atoms with Crippen molar-refractivity contribution in [2.24, 2.45) is 11.7 Å². The van der Waals surface area contributed by atoms with E-state index in [0.717, 1.165) is 0 Å². The van der Waals surface area contributed by atoms with Gasteiger partial charge in [0.2, 0.25) is 5.91 Å². The first-order chi connectivity index (χ1) is 10.2. The first-order valence-electron chi connectivity index (χ1n) is 6.96. The lowest BCUT2D eigenvalue weighted by Gasteiger charge is -2.39. The second-order valence-electron chi connectivity index (χ2n) is 5.88. The van der Waals surface area contributed by atoms with Crippen molar-refractivity contribution in [3.63, 3.8) is 0 Å². The van der Waals surface area contributed by atoms with Gasteiger partial charge in [-0.05, 0) is 31.0 Å². The molecule has 0 atom stereocenters. The lowest BCUT2D eigenvalue weighted by Crippen LogP contribution is -2.49. The predicted molar refractivity (Wildman–Crippen MR) is 83.7 cm³/mol. The number of carbonyl (C=O) groups excluding carboxylic acids is 2. The van der Waals surface area contributed by atoms with E-state index in [1.807, 2.05) is 0 Å². The molecule has 0 aromatic heterocycles. The maximum atomic E-state index is 13.7. The van der Waals surface area contributed by atoms with Gasteiger partial charge in [0.15, 0.2) is 0 Å². The topological polar surface area (TPSA) is 75.4 Å². The van der Waals surface area contributed by atoms with Gasteiger partial charge in [-0.25, -0.2) is 4.39 Å². The minimum absolute atomic E-state index is 0.0740. The molecule has 1 fully saturated rings. The Morgan fingerprint density at radius 3 is 2.59 bits per heavy atom. The van der Waals surface area contributed by atoms with Gasteiger partial charge in [-0.3, -0.25) is 9.59 Å². The van der Waals surface area contributed by atoms with Crippen molar-refractivity contribution in [2.45, 2.75) is 18.5 Å². The van der Waals surface area contributed by atoms with E-state index in [9.17, 15) is 14.0 Å². The minimum atomic E-state index is -1.43. The van der Waals surface area contributed by atoms with Gasteiger partial charge in [0.1, 0.15) is 5.67 Å². The van der Waals surface area contributed by atoms with Crippen LogP contribution in [0.15, 0.2) is 18.2 Å². The van der Waals surface area contributed by atoms with Crippen molar-refractivity contribution in [1.29, 1.82) is 0 Å². The highest BCUT2D eigenvalue weighted by Crippen LogP contribution is 2.41. The number of alkyl halides is 1. The van der Waals surface area contributed by atoms with Crippen molar-refractivity contribution >= 4 is 29.1 Å². The predicted octanol–water partition coefficient (Wildman–Crippen LogP) is 2.06. The highest BCUT2D eigenvalue weighted by atomic mass is 35.5. The van der Waals surface area contributed by atoms with E-state index in [2.05, 4.69) is 5.32 Å². The Balaban J connectivity index is 2.07. The average Bonchev–Trinajstić information content (AvgIpc) is 2.42. The quantitative estimate of drug-likeness (QED) is 0.888. The van der Waals surface area contributed by atoms with Crippen molar-refractivity contribution in [2.75, 3.05) is 26.0 Å². The molecule has 22 heavy (non-hydrogen) atoms. The molecule has 2 amide bonds. The Morgan fingerprint density at radius 2 is 2.05 bits per heavy atom. The van der Waals surface area contributed by atoms with Crippen LogP contribution in [-0.4, -0.2) is 43.0 Å². The smallest absolute Gasteiger partial charge is 0.253 e. The summed E-state index contributed by atoms with van der Waals surface area (Å²) >= 11 is 5.98. The van der Waals surface area contributed by atoms with Gasteiger partial charge in [-0.1, -0.05) is 11.6 Å². The second kappa shape index (κ2) is 6.22. The van der Waals surface area contributed by atoms with E-state index in [4.69, 9.17) is 17.3 Å². The number of anilines is 1. The number of halogens is 2. The zero-order valence-corrected chi connectivity index (χ0v) is 13.3. The first-order valence-corrected chi connectivity index (χ1v) is 7.34. The monoisotopic (exact) mass is 327 g/mol. The molecule has 0 radical (unpaired) electrons. The third kappa shape index (κ3) is 3.56. The van der Waals surface area contributed by atoms with Crippen LogP contribution < -0.4 is 11.1 Å². The van der Waals surface area contributed by atoms with Gasteiger partial charge in [0.05, 0.1) is 0 Å². The van der Waals surface area contributed by atoms with Crippen molar-refractivity contribution in [3.05, 3.63) is 28.8 Å². The van der Waals surface area contributed by atoms with E-state index in [-0.39, 0.29) is 31.2 Å². The van der Waals surface area contributed by atoms with Gasteiger partial charge < -0.3 is 16.0 Å². The average molecular weight is 328 g/mol. The van der Waals surface area contributed by atoms with Gasteiger partial charge in [0.25, 0.3) is 5.91 Å². The molecule has 2 rings (SSSR count). The number of amides is 2. The molecular weight excluding hydrogens is 309 g/mol. The molecule has 0 heterocycles. The third-order valence-corrected chi connectivity index (χ3v) is 4.00. The van der Waals surface area contributed by atoms with Crippen LogP contribution in [0, 0.1) is 5.92 Å². The number of rotatable bonds is 4. The summed E-state index contributed by atoms with van der Waals surface area (Å²) in [6.07, 6.45) is 0.249. The lowest BCUT2D eigenvalue weighted by molar-refractivity contribution is -0.128. The number of nitrogens with two attached hydrogens (primary N) is 1. The van der Waals surface area contributed by atoms with Crippen molar-refractivity contribution < 1.29 is 14.0 Å². The highest BCUT2D eigenvalue weighted by molar-refractivity contribution is 6.31. The molecule has 1 aromatic carbocycles. The number of nitrogens with zero attached hydrogens (tertiary/aromatic N) is 1. The summed E-state index contributed by atoms with van der Waals surface area (Å²) in [6, 6.07) is 4.64. The van der Waals surface area contributed by atoms with Crippen LogP contribution >= 0.6 is 11.6 Å². The van der Waals surface area contributed by atoms with E-state index >= 15 is 0 Å². The first kappa shape index (κ1) is 16.7. The summed E-state index contributed by atoms with van der Waals surface area (Å²) in [6.45, 7) is -0.0740. The highest BCUT2D eigenvalue weighted by Gasteiger charge is 2.47. The molecule has 1 aliphatic carbocycles. The molecule has 7 heteroatoms. The molecule has 3 N–H and O–H groups in total. The molecular formula is C15H19ClFN3O2. The number of hydrogen-bond acceptors (Lipinski definition) is 3. The number of carbonyl (C=O) groups is 2. The summed E-state index contributed by atoms with van der Waals surface area (Å²) in [4.78, 5) is 25.4. The standard InChI is InChI=1S/C15H19ClFN3O2/c1-20(2)14(22)9-3-11(16)5-12(4-9)19-13(21)10-6-15(17,7-10)8-18/h3-5,10H,6-8,18H2,1-2H3,(H,19,21). The Kier molecular flexibility index (Phi) is 4.72. The zero-order chi connectivity index (χ0) is 16.5. The fraction of sp³-hybridized carbons (Fsp3) is 0.467. The maximum absolute atomic E-state index is 13.7. The third-order valence-electron chi connectivity index (χ3n) is 3.78. The van der Waals surface area contributed by atoms with Crippen LogP contribution in [0.5, 0.6) is 0 Å². The molecule has 0 saturated heterocycles. The lowest BCUT2D eigenvalue weighted by atomic mass is 9.72. The SMILES string of the molecule is CN(C)C(=O)c1cc(Cl)cc(NC(=O)C2CC(F)(CN)C2)c1. The van der Waals surface area contributed by atoms with Crippen LogP contribution in [-0.2, 0) is 4.79 Å². The van der Waals surface area contributed by atoms with E-state index in [0.29, 0.717) is 16.3 Å². The molecule has 1 aliphatic rings. The number of nitrogens with one attached hydrogen (secondary N) is 1. The van der Waals surface area contributed by atoms with E-state index in [1.165, 1.54) is 11.0 Å². The molecule has 0 unspecified atom stereocenters.